The van der Waals surface area contributed by atoms with Gasteiger partial charge >= 0.3 is 0 Å². The summed E-state index contributed by atoms with van der Waals surface area (Å²) in [5, 5.41) is 0.447. The fourth-order valence-electron chi connectivity index (χ4n) is 2.62. The third-order valence-corrected chi connectivity index (χ3v) is 4.71. The zero-order chi connectivity index (χ0) is 15.4. The van der Waals surface area contributed by atoms with E-state index in [-0.39, 0.29) is 5.91 Å². The standard InChI is InChI=1S/C16H21F2NOS/c1-11(2)21-10-16(20)19-4-3-12(9-19)5-13-6-14(17)8-15(18)7-13/h6-8,11-12H,3-5,9-10H2,1-2H3. The maximum absolute atomic E-state index is 13.2. The highest BCUT2D eigenvalue weighted by atomic mass is 32.2. The molecule has 0 saturated carbocycles. The van der Waals surface area contributed by atoms with Gasteiger partial charge < -0.3 is 4.90 Å². The summed E-state index contributed by atoms with van der Waals surface area (Å²) in [6.07, 6.45) is 1.52. The van der Waals surface area contributed by atoms with Crippen molar-refractivity contribution in [2.24, 2.45) is 5.92 Å². The Morgan fingerprint density at radius 1 is 1.33 bits per heavy atom. The summed E-state index contributed by atoms with van der Waals surface area (Å²) >= 11 is 1.64. The van der Waals surface area contributed by atoms with Crippen LogP contribution in [0.4, 0.5) is 8.78 Å². The van der Waals surface area contributed by atoms with Crippen molar-refractivity contribution in [3.8, 4) is 0 Å². The van der Waals surface area contributed by atoms with Crippen LogP contribution in [0.15, 0.2) is 18.2 Å². The summed E-state index contributed by atoms with van der Waals surface area (Å²) in [5.41, 5.74) is 0.670. The lowest BCUT2D eigenvalue weighted by Gasteiger charge is -2.17. The third-order valence-electron chi connectivity index (χ3n) is 3.63. The summed E-state index contributed by atoms with van der Waals surface area (Å²) in [5.74, 6) is -0.103. The summed E-state index contributed by atoms with van der Waals surface area (Å²) in [6.45, 7) is 5.59. The number of amides is 1. The number of halogens is 2. The SMILES string of the molecule is CC(C)SCC(=O)N1CCC(Cc2cc(F)cc(F)c2)C1. The predicted octanol–water partition coefficient (Wildman–Crippen LogP) is 3.50. The van der Waals surface area contributed by atoms with Crippen molar-refractivity contribution in [2.45, 2.75) is 31.9 Å². The van der Waals surface area contributed by atoms with Crippen LogP contribution in [0.2, 0.25) is 0 Å². The molecular weight excluding hydrogens is 292 g/mol. The average molecular weight is 313 g/mol. The van der Waals surface area contributed by atoms with Crippen LogP contribution in [0, 0.1) is 17.6 Å². The summed E-state index contributed by atoms with van der Waals surface area (Å²) in [7, 11) is 0. The molecule has 1 saturated heterocycles. The quantitative estimate of drug-likeness (QED) is 0.829. The van der Waals surface area contributed by atoms with E-state index >= 15 is 0 Å². The minimum absolute atomic E-state index is 0.168. The zero-order valence-corrected chi connectivity index (χ0v) is 13.3. The van der Waals surface area contributed by atoms with Gasteiger partial charge in [0, 0.05) is 19.2 Å². The van der Waals surface area contributed by atoms with E-state index in [1.54, 1.807) is 11.8 Å². The summed E-state index contributed by atoms with van der Waals surface area (Å²) in [4.78, 5) is 13.9. The molecule has 1 fully saturated rings. The molecule has 1 heterocycles. The number of hydrogen-bond acceptors (Lipinski definition) is 2. The predicted molar refractivity (Wildman–Crippen MR) is 82.3 cm³/mol. The van der Waals surface area contributed by atoms with Gasteiger partial charge in [-0.05, 0) is 41.7 Å². The van der Waals surface area contributed by atoms with Gasteiger partial charge in [0.1, 0.15) is 11.6 Å². The molecule has 0 bridgehead atoms. The van der Waals surface area contributed by atoms with Crippen LogP contribution in [-0.2, 0) is 11.2 Å². The highest BCUT2D eigenvalue weighted by molar-refractivity contribution is 8.00. The van der Waals surface area contributed by atoms with Gasteiger partial charge in [-0.1, -0.05) is 13.8 Å². The molecule has 1 aromatic rings. The molecule has 5 heteroatoms. The van der Waals surface area contributed by atoms with Gasteiger partial charge in [-0.2, -0.15) is 0 Å². The fourth-order valence-corrected chi connectivity index (χ4v) is 3.28. The normalized spacial score (nSPS) is 18.5. The van der Waals surface area contributed by atoms with E-state index in [0.717, 1.165) is 19.0 Å². The topological polar surface area (TPSA) is 20.3 Å². The second-order valence-corrected chi connectivity index (χ2v) is 7.40. The van der Waals surface area contributed by atoms with Crippen LogP contribution in [0.25, 0.3) is 0 Å². The van der Waals surface area contributed by atoms with E-state index in [2.05, 4.69) is 13.8 Å². The van der Waals surface area contributed by atoms with Crippen LogP contribution in [0.3, 0.4) is 0 Å². The minimum Gasteiger partial charge on any atom is -0.342 e. The Kier molecular flexibility index (Phi) is 5.62. The molecule has 2 rings (SSSR count). The van der Waals surface area contributed by atoms with Gasteiger partial charge in [0.2, 0.25) is 5.91 Å². The second kappa shape index (κ2) is 7.25. The van der Waals surface area contributed by atoms with Gasteiger partial charge in [-0.25, -0.2) is 8.78 Å². The van der Waals surface area contributed by atoms with Gasteiger partial charge in [0.15, 0.2) is 0 Å². The number of likely N-dealkylation sites (tertiary alicyclic amines) is 1. The Bertz CT molecular complexity index is 487. The van der Waals surface area contributed by atoms with Crippen molar-refractivity contribution in [1.82, 2.24) is 4.90 Å². The minimum atomic E-state index is -0.538. The highest BCUT2D eigenvalue weighted by Crippen LogP contribution is 2.23. The molecule has 1 aromatic carbocycles. The number of benzene rings is 1. The first-order valence-electron chi connectivity index (χ1n) is 7.28. The van der Waals surface area contributed by atoms with Crippen LogP contribution < -0.4 is 0 Å². The van der Waals surface area contributed by atoms with Crippen LogP contribution in [-0.4, -0.2) is 34.9 Å². The van der Waals surface area contributed by atoms with Crippen LogP contribution >= 0.6 is 11.8 Å². The molecule has 0 aliphatic carbocycles. The van der Waals surface area contributed by atoms with Crippen molar-refractivity contribution in [3.63, 3.8) is 0 Å². The first kappa shape index (κ1) is 16.3. The van der Waals surface area contributed by atoms with E-state index in [1.807, 2.05) is 4.90 Å². The number of carbonyl (C=O) groups is 1. The molecule has 2 nitrogen and oxygen atoms in total. The van der Waals surface area contributed by atoms with E-state index in [0.29, 0.717) is 35.4 Å². The molecule has 1 atom stereocenters. The summed E-state index contributed by atoms with van der Waals surface area (Å²) in [6, 6.07) is 3.64. The lowest BCUT2D eigenvalue weighted by Crippen LogP contribution is -2.30. The molecule has 1 unspecified atom stereocenters. The molecule has 1 amide bonds. The number of hydrogen-bond donors (Lipinski definition) is 0. The lowest BCUT2D eigenvalue weighted by atomic mass is 9.98. The Labute approximate surface area is 128 Å². The van der Waals surface area contributed by atoms with Crippen molar-refractivity contribution >= 4 is 17.7 Å². The van der Waals surface area contributed by atoms with E-state index in [9.17, 15) is 13.6 Å². The Balaban J connectivity index is 1.86. The number of carbonyl (C=O) groups excluding carboxylic acids is 1. The smallest absolute Gasteiger partial charge is 0.232 e. The molecular formula is C16H21F2NOS. The van der Waals surface area contributed by atoms with Gasteiger partial charge in [0.05, 0.1) is 5.75 Å². The van der Waals surface area contributed by atoms with Crippen LogP contribution in [0.1, 0.15) is 25.8 Å². The van der Waals surface area contributed by atoms with E-state index in [1.165, 1.54) is 12.1 Å². The fraction of sp³-hybridized carbons (Fsp3) is 0.562. The van der Waals surface area contributed by atoms with Crippen molar-refractivity contribution in [1.29, 1.82) is 0 Å². The molecule has 0 N–H and O–H groups in total. The number of nitrogens with zero attached hydrogens (tertiary/aromatic N) is 1. The van der Waals surface area contributed by atoms with E-state index in [4.69, 9.17) is 0 Å². The third kappa shape index (κ3) is 4.99. The van der Waals surface area contributed by atoms with Crippen LogP contribution in [0.5, 0.6) is 0 Å². The van der Waals surface area contributed by atoms with Crippen molar-refractivity contribution in [3.05, 3.63) is 35.4 Å². The first-order valence-corrected chi connectivity index (χ1v) is 8.33. The van der Waals surface area contributed by atoms with Crippen molar-refractivity contribution in [2.75, 3.05) is 18.8 Å². The Morgan fingerprint density at radius 3 is 2.62 bits per heavy atom. The molecule has 1 aliphatic rings. The van der Waals surface area contributed by atoms with Gasteiger partial charge in [-0.15, -0.1) is 11.8 Å². The molecule has 0 spiro atoms. The Morgan fingerprint density at radius 2 is 2.00 bits per heavy atom. The van der Waals surface area contributed by atoms with Crippen molar-refractivity contribution < 1.29 is 13.6 Å². The van der Waals surface area contributed by atoms with Gasteiger partial charge in [0.25, 0.3) is 0 Å². The Hall–Kier alpha value is -1.10. The lowest BCUT2D eigenvalue weighted by molar-refractivity contribution is -0.127. The maximum Gasteiger partial charge on any atom is 0.232 e. The number of rotatable bonds is 5. The number of thioether (sulfide) groups is 1. The molecule has 1 aliphatic heterocycles. The summed E-state index contributed by atoms with van der Waals surface area (Å²) < 4.78 is 26.4. The van der Waals surface area contributed by atoms with E-state index < -0.39 is 11.6 Å². The molecule has 0 radical (unpaired) electrons. The largest absolute Gasteiger partial charge is 0.342 e. The van der Waals surface area contributed by atoms with Gasteiger partial charge in [-0.3, -0.25) is 4.79 Å². The molecule has 116 valence electrons. The maximum atomic E-state index is 13.2. The average Bonchev–Trinajstić information content (AvgIpc) is 2.83. The zero-order valence-electron chi connectivity index (χ0n) is 12.4. The highest BCUT2D eigenvalue weighted by Gasteiger charge is 2.26. The second-order valence-electron chi connectivity index (χ2n) is 5.84. The molecule has 0 aromatic heterocycles. The monoisotopic (exact) mass is 313 g/mol. The molecule has 21 heavy (non-hydrogen) atoms. The first-order chi connectivity index (χ1) is 9.94.